The van der Waals surface area contributed by atoms with Crippen molar-refractivity contribution in [1.29, 1.82) is 0 Å². The Balaban J connectivity index is 1.64. The van der Waals surface area contributed by atoms with Crippen LogP contribution in [-0.2, 0) is 0 Å². The van der Waals surface area contributed by atoms with Gasteiger partial charge in [0.15, 0.2) is 0 Å². The molecular weight excluding hydrogens is 352 g/mol. The molecule has 0 heterocycles. The van der Waals surface area contributed by atoms with Gasteiger partial charge in [0.25, 0.3) is 0 Å². The van der Waals surface area contributed by atoms with Gasteiger partial charge in [0, 0.05) is 13.2 Å². The minimum absolute atomic E-state index is 0.152. The fourth-order valence-electron chi connectivity index (χ4n) is 7.96. The average Bonchev–Trinajstić information content (AvgIpc) is 3.14. The molecule has 0 aromatic rings. The monoisotopic (exact) mass is 406 g/mol. The highest BCUT2D eigenvalue weighted by atomic mass is 16.3. The Bertz CT molecular complexity index is 870. The Morgan fingerprint density at radius 2 is 1.79 bits per heavy atom. The van der Waals surface area contributed by atoms with Crippen LogP contribution in [-0.4, -0.2) is 5.11 Å². The highest BCUT2D eigenvalue weighted by Crippen LogP contribution is 2.68. The topological polar surface area (TPSA) is 20.2 Å². The van der Waals surface area contributed by atoms with E-state index in [1.165, 1.54) is 19.3 Å². The number of fused-ring (bicyclic) bond motifs is 5. The SMILES string of the molecule is [2H]C1=C(O)C([2H])([2H])C2([2H])CC[C@H]3[C@@H]4CC[C@H]([C@H](C)CC[C@@H](C)C(C)C)[C@@]4(C)CC[C@@H]3[C@@]2(C)C1([2H])[2H]. The van der Waals surface area contributed by atoms with Crippen molar-refractivity contribution in [2.24, 2.45) is 58.1 Å². The summed E-state index contributed by atoms with van der Waals surface area (Å²) in [5, 5.41) is 10.5. The highest BCUT2D eigenvalue weighted by Gasteiger charge is 2.60. The maximum Gasteiger partial charge on any atom is 0.0886 e. The molecule has 1 heteroatoms. The van der Waals surface area contributed by atoms with Crippen molar-refractivity contribution < 1.29 is 13.3 Å². The van der Waals surface area contributed by atoms with Crippen molar-refractivity contribution >= 4 is 0 Å². The summed E-state index contributed by atoms with van der Waals surface area (Å²) in [6.45, 7) is 13.6. The highest BCUT2D eigenvalue weighted by molar-refractivity contribution is 5.14. The molecule has 0 aromatic carbocycles. The van der Waals surface area contributed by atoms with E-state index in [1.807, 2.05) is 0 Å². The molecule has 0 saturated heterocycles. The quantitative estimate of drug-likeness (QED) is 0.486. The molecule has 0 spiro atoms. The maximum atomic E-state index is 10.5. The molecule has 166 valence electrons. The Morgan fingerprint density at radius 1 is 1.07 bits per heavy atom. The van der Waals surface area contributed by atoms with Crippen molar-refractivity contribution in [3.63, 3.8) is 0 Å². The molecule has 4 rings (SSSR count). The van der Waals surface area contributed by atoms with Gasteiger partial charge in [-0.15, -0.1) is 0 Å². The van der Waals surface area contributed by atoms with Gasteiger partial charge in [-0.25, -0.2) is 0 Å². The molecule has 4 aliphatic rings. The van der Waals surface area contributed by atoms with Gasteiger partial charge in [-0.05, 0) is 109 Å². The molecule has 4 aliphatic carbocycles. The van der Waals surface area contributed by atoms with Gasteiger partial charge in [-0.2, -0.15) is 0 Å². The normalized spacial score (nSPS) is 55.8. The third-order valence-corrected chi connectivity index (χ3v) is 10.2. The van der Waals surface area contributed by atoms with Crippen molar-refractivity contribution in [3.8, 4) is 0 Å². The number of aliphatic hydroxyl groups is 1. The number of aliphatic hydroxyl groups excluding tert-OH is 1. The largest absolute Gasteiger partial charge is 0.513 e. The number of allylic oxidation sites excluding steroid dienone is 2. The molecule has 3 fully saturated rings. The van der Waals surface area contributed by atoms with Crippen molar-refractivity contribution in [2.75, 3.05) is 0 Å². The minimum atomic E-state index is -2.42. The molecular formula is C28H48O. The fraction of sp³-hybridized carbons (Fsp3) is 0.929. The van der Waals surface area contributed by atoms with Crippen LogP contribution in [0.25, 0.3) is 0 Å². The zero-order chi connectivity index (χ0) is 26.4. The van der Waals surface area contributed by atoms with E-state index in [0.717, 1.165) is 25.2 Å². The second-order valence-electron chi connectivity index (χ2n) is 11.8. The summed E-state index contributed by atoms with van der Waals surface area (Å²) in [7, 11) is 0. The van der Waals surface area contributed by atoms with Gasteiger partial charge in [-0.1, -0.05) is 54.4 Å². The van der Waals surface area contributed by atoms with Gasteiger partial charge in [0.05, 0.1) is 7.13 Å². The molecule has 3 saturated carbocycles. The van der Waals surface area contributed by atoms with Crippen LogP contribution in [0.15, 0.2) is 11.8 Å². The molecule has 9 atom stereocenters. The average molecular weight is 407 g/mol. The summed E-state index contributed by atoms with van der Waals surface area (Å²) >= 11 is 0. The second kappa shape index (κ2) is 7.90. The van der Waals surface area contributed by atoms with Crippen LogP contribution < -0.4 is 0 Å². The lowest BCUT2D eigenvalue weighted by Gasteiger charge is -2.60. The van der Waals surface area contributed by atoms with Gasteiger partial charge < -0.3 is 5.11 Å². The number of hydrogen-bond acceptors (Lipinski definition) is 1. The zero-order valence-electron chi connectivity index (χ0n) is 25.6. The standard InChI is InChI=1S/C28H48O/c1-18(2)19(3)7-8-20(4)24-11-12-25-23-10-9-21-17-22(29)13-15-27(21,5)26(23)14-16-28(24,25)6/h13,18-21,23-26,29H,7-12,14-17H2,1-6H3/t19-,20-,21?,23+,24-,25+,26+,27+,28-/m1/s1/i13D,15D2,17D2,21D. The predicted molar refractivity (Wildman–Crippen MR) is 124 cm³/mol. The van der Waals surface area contributed by atoms with Crippen LogP contribution in [0.4, 0.5) is 0 Å². The Labute approximate surface area is 189 Å². The van der Waals surface area contributed by atoms with E-state index < -0.39 is 35.9 Å². The lowest BCUT2D eigenvalue weighted by molar-refractivity contribution is -0.104. The van der Waals surface area contributed by atoms with E-state index in [1.54, 1.807) is 6.92 Å². The zero-order valence-corrected chi connectivity index (χ0v) is 19.6. The van der Waals surface area contributed by atoms with Crippen LogP contribution >= 0.6 is 0 Å². The van der Waals surface area contributed by atoms with Crippen molar-refractivity contribution in [2.45, 2.75) is 106 Å². The first kappa shape index (κ1) is 15.4. The maximum absolute atomic E-state index is 10.5. The van der Waals surface area contributed by atoms with E-state index in [-0.39, 0.29) is 23.7 Å². The first-order valence-electron chi connectivity index (χ1n) is 15.4. The Kier molecular flexibility index (Phi) is 4.19. The minimum Gasteiger partial charge on any atom is -0.513 e. The van der Waals surface area contributed by atoms with E-state index in [9.17, 15) is 6.48 Å². The molecule has 1 nitrogen and oxygen atoms in total. The molecule has 0 aromatic heterocycles. The van der Waals surface area contributed by atoms with Crippen LogP contribution in [0, 0.1) is 58.1 Å². The van der Waals surface area contributed by atoms with Crippen LogP contribution in [0.2, 0.25) is 0 Å². The predicted octanol–water partition coefficient (Wildman–Crippen LogP) is 8.41. The Morgan fingerprint density at radius 3 is 2.52 bits per heavy atom. The van der Waals surface area contributed by atoms with E-state index >= 15 is 0 Å². The van der Waals surface area contributed by atoms with Crippen LogP contribution in [0.3, 0.4) is 0 Å². The summed E-state index contributed by atoms with van der Waals surface area (Å²) in [6, 6.07) is -0.654. The van der Waals surface area contributed by atoms with E-state index in [2.05, 4.69) is 34.6 Å². The summed E-state index contributed by atoms with van der Waals surface area (Å²) in [5.74, 6) is 0.663. The fourth-order valence-corrected chi connectivity index (χ4v) is 7.96. The molecule has 29 heavy (non-hydrogen) atoms. The van der Waals surface area contributed by atoms with Gasteiger partial charge in [0.1, 0.15) is 0 Å². The van der Waals surface area contributed by atoms with Crippen LogP contribution in [0.1, 0.15) is 114 Å². The van der Waals surface area contributed by atoms with E-state index in [4.69, 9.17) is 6.85 Å². The van der Waals surface area contributed by atoms with Gasteiger partial charge in [-0.3, -0.25) is 0 Å². The summed E-state index contributed by atoms with van der Waals surface area (Å²) in [5.41, 5.74) is -1.14. The smallest absolute Gasteiger partial charge is 0.0886 e. The lowest BCUT2D eigenvalue weighted by Crippen LogP contribution is -2.52. The molecule has 0 radical (unpaired) electrons. The lowest BCUT2D eigenvalue weighted by atomic mass is 9.45. The summed E-state index contributed by atoms with van der Waals surface area (Å²) < 4.78 is 53.0. The molecule has 0 bridgehead atoms. The second-order valence-corrected chi connectivity index (χ2v) is 11.8. The first-order chi connectivity index (χ1) is 16.0. The van der Waals surface area contributed by atoms with E-state index in [0.29, 0.717) is 30.1 Å². The van der Waals surface area contributed by atoms with Crippen LogP contribution in [0.5, 0.6) is 0 Å². The summed E-state index contributed by atoms with van der Waals surface area (Å²) in [6.07, 6.45) is 2.92. The van der Waals surface area contributed by atoms with Crippen molar-refractivity contribution in [1.82, 2.24) is 0 Å². The third kappa shape index (κ3) is 3.61. The number of rotatable bonds is 5. The molecule has 1 unspecified atom stereocenters. The Hall–Kier alpha value is -0.460. The van der Waals surface area contributed by atoms with Gasteiger partial charge >= 0.3 is 0 Å². The van der Waals surface area contributed by atoms with Gasteiger partial charge in [0.2, 0.25) is 0 Å². The molecule has 0 amide bonds. The van der Waals surface area contributed by atoms with Crippen molar-refractivity contribution in [3.05, 3.63) is 11.8 Å². The number of hydrogen-bond donors (Lipinski definition) is 1. The third-order valence-electron chi connectivity index (χ3n) is 10.2. The first-order valence-corrected chi connectivity index (χ1v) is 12.4. The summed E-state index contributed by atoms with van der Waals surface area (Å²) in [4.78, 5) is 0. The molecule has 1 N–H and O–H groups in total. The molecule has 0 aliphatic heterocycles.